The van der Waals surface area contributed by atoms with E-state index in [1.54, 1.807) is 7.11 Å². The summed E-state index contributed by atoms with van der Waals surface area (Å²) in [5, 5.41) is 3.28. The number of nitrogens with one attached hydrogen (secondary N) is 1. The van der Waals surface area contributed by atoms with E-state index in [2.05, 4.69) is 5.32 Å². The standard InChI is InChI=1S/C14H23N3O3/c1-19-7-3-15-10-13-2-4-16(11-13)12-14(18)17-5-8-20-9-6-17/h2,4,11,15H,3,5-10,12H2,1H3. The van der Waals surface area contributed by atoms with Crippen LogP contribution >= 0.6 is 0 Å². The third-order valence-corrected chi connectivity index (χ3v) is 3.31. The van der Waals surface area contributed by atoms with E-state index in [-0.39, 0.29) is 5.91 Å². The molecule has 1 fully saturated rings. The quantitative estimate of drug-likeness (QED) is 0.719. The molecule has 6 heteroatoms. The molecule has 1 aromatic heterocycles. The van der Waals surface area contributed by atoms with Gasteiger partial charge in [0.15, 0.2) is 0 Å². The van der Waals surface area contributed by atoms with Crippen LogP contribution in [0.25, 0.3) is 0 Å². The van der Waals surface area contributed by atoms with Crippen molar-refractivity contribution < 1.29 is 14.3 Å². The van der Waals surface area contributed by atoms with Crippen LogP contribution in [0.4, 0.5) is 0 Å². The summed E-state index contributed by atoms with van der Waals surface area (Å²) in [5.74, 6) is 0.155. The number of aromatic nitrogens is 1. The summed E-state index contributed by atoms with van der Waals surface area (Å²) in [7, 11) is 1.69. The number of nitrogens with zero attached hydrogens (tertiary/aromatic N) is 2. The summed E-state index contributed by atoms with van der Waals surface area (Å²) in [6.07, 6.45) is 3.96. The Kier molecular flexibility index (Phi) is 6.04. The fourth-order valence-corrected chi connectivity index (χ4v) is 2.17. The maximum Gasteiger partial charge on any atom is 0.242 e. The van der Waals surface area contributed by atoms with Gasteiger partial charge in [0.05, 0.1) is 19.8 Å². The zero-order valence-electron chi connectivity index (χ0n) is 12.0. The molecule has 0 spiro atoms. The van der Waals surface area contributed by atoms with Gasteiger partial charge in [-0.2, -0.15) is 0 Å². The number of methoxy groups -OCH3 is 1. The van der Waals surface area contributed by atoms with Gasteiger partial charge in [-0.1, -0.05) is 0 Å². The van der Waals surface area contributed by atoms with Crippen molar-refractivity contribution in [2.24, 2.45) is 0 Å². The van der Waals surface area contributed by atoms with Crippen molar-refractivity contribution in [2.45, 2.75) is 13.1 Å². The molecule has 0 unspecified atom stereocenters. The molecule has 0 saturated carbocycles. The van der Waals surface area contributed by atoms with E-state index in [0.717, 1.165) is 13.1 Å². The van der Waals surface area contributed by atoms with Crippen molar-refractivity contribution in [1.29, 1.82) is 0 Å². The van der Waals surface area contributed by atoms with Gasteiger partial charge >= 0.3 is 0 Å². The van der Waals surface area contributed by atoms with E-state index in [4.69, 9.17) is 9.47 Å². The average molecular weight is 281 g/mol. The number of carbonyl (C=O) groups excluding carboxylic acids is 1. The van der Waals surface area contributed by atoms with Gasteiger partial charge in [0.25, 0.3) is 0 Å². The number of hydrogen-bond donors (Lipinski definition) is 1. The number of carbonyl (C=O) groups is 1. The van der Waals surface area contributed by atoms with Crippen LogP contribution in [0, 0.1) is 0 Å². The van der Waals surface area contributed by atoms with E-state index in [0.29, 0.717) is 39.5 Å². The van der Waals surface area contributed by atoms with E-state index in [9.17, 15) is 4.79 Å². The summed E-state index contributed by atoms with van der Waals surface area (Å²) in [6.45, 7) is 5.42. The van der Waals surface area contributed by atoms with E-state index in [1.807, 2.05) is 27.9 Å². The number of hydrogen-bond acceptors (Lipinski definition) is 4. The zero-order valence-corrected chi connectivity index (χ0v) is 12.0. The summed E-state index contributed by atoms with van der Waals surface area (Å²) < 4.78 is 12.2. The lowest BCUT2D eigenvalue weighted by molar-refractivity contribution is -0.135. The molecule has 1 aromatic rings. The SMILES string of the molecule is COCCNCc1ccn(CC(=O)N2CCOCC2)c1. The van der Waals surface area contributed by atoms with Crippen LogP contribution in [-0.2, 0) is 27.4 Å². The summed E-state index contributed by atoms with van der Waals surface area (Å²) in [6, 6.07) is 2.03. The normalized spacial score (nSPS) is 15.6. The molecule has 1 saturated heterocycles. The van der Waals surface area contributed by atoms with Crippen LogP contribution in [0.15, 0.2) is 18.5 Å². The van der Waals surface area contributed by atoms with Gasteiger partial charge in [-0.25, -0.2) is 0 Å². The smallest absolute Gasteiger partial charge is 0.242 e. The highest BCUT2D eigenvalue weighted by atomic mass is 16.5. The van der Waals surface area contributed by atoms with E-state index in [1.165, 1.54) is 5.56 Å². The molecule has 2 rings (SSSR count). The third kappa shape index (κ3) is 4.63. The molecular weight excluding hydrogens is 258 g/mol. The predicted octanol–water partition coefficient (Wildman–Crippen LogP) is 0.0829. The van der Waals surface area contributed by atoms with Crippen LogP contribution in [-0.4, -0.2) is 61.9 Å². The van der Waals surface area contributed by atoms with E-state index < -0.39 is 0 Å². The zero-order chi connectivity index (χ0) is 14.2. The second-order valence-corrected chi connectivity index (χ2v) is 4.85. The fraction of sp³-hybridized carbons (Fsp3) is 0.643. The Hall–Kier alpha value is -1.37. The molecule has 2 heterocycles. The van der Waals surface area contributed by atoms with Gasteiger partial charge in [0, 0.05) is 45.7 Å². The van der Waals surface area contributed by atoms with E-state index >= 15 is 0 Å². The Balaban J connectivity index is 1.75. The van der Waals surface area contributed by atoms with Crippen molar-refractivity contribution in [3.63, 3.8) is 0 Å². The maximum absolute atomic E-state index is 12.1. The molecule has 6 nitrogen and oxygen atoms in total. The van der Waals surface area contributed by atoms with Gasteiger partial charge in [0.2, 0.25) is 5.91 Å². The molecule has 0 aromatic carbocycles. The van der Waals surface area contributed by atoms with Crippen molar-refractivity contribution in [3.8, 4) is 0 Å². The number of rotatable bonds is 7. The lowest BCUT2D eigenvalue weighted by atomic mass is 10.3. The molecule has 1 amide bonds. The Morgan fingerprint density at radius 1 is 1.45 bits per heavy atom. The van der Waals surface area contributed by atoms with Crippen LogP contribution in [0.1, 0.15) is 5.56 Å². The third-order valence-electron chi connectivity index (χ3n) is 3.31. The predicted molar refractivity (Wildman–Crippen MR) is 75.4 cm³/mol. The van der Waals surface area contributed by atoms with Gasteiger partial charge in [-0.05, 0) is 11.6 Å². The summed E-state index contributed by atoms with van der Waals surface area (Å²) >= 11 is 0. The number of amides is 1. The summed E-state index contributed by atoms with van der Waals surface area (Å²) in [5.41, 5.74) is 1.18. The van der Waals surface area contributed by atoms with Gasteiger partial charge in [-0.3, -0.25) is 4.79 Å². The van der Waals surface area contributed by atoms with Gasteiger partial charge in [-0.15, -0.1) is 0 Å². The van der Waals surface area contributed by atoms with Crippen molar-refractivity contribution in [1.82, 2.24) is 14.8 Å². The Labute approximate surface area is 119 Å². The molecule has 1 N–H and O–H groups in total. The molecule has 0 radical (unpaired) electrons. The van der Waals surface area contributed by atoms with Crippen molar-refractivity contribution in [3.05, 3.63) is 24.0 Å². The highest BCUT2D eigenvalue weighted by Gasteiger charge is 2.16. The van der Waals surface area contributed by atoms with Crippen molar-refractivity contribution in [2.75, 3.05) is 46.6 Å². The topological polar surface area (TPSA) is 55.7 Å². The molecule has 20 heavy (non-hydrogen) atoms. The first-order valence-corrected chi connectivity index (χ1v) is 6.99. The molecule has 1 aliphatic rings. The minimum atomic E-state index is 0.155. The second kappa shape index (κ2) is 8.04. The van der Waals surface area contributed by atoms with Crippen LogP contribution < -0.4 is 5.32 Å². The molecule has 112 valence electrons. The lowest BCUT2D eigenvalue weighted by Gasteiger charge is -2.26. The summed E-state index contributed by atoms with van der Waals surface area (Å²) in [4.78, 5) is 14.0. The molecule has 0 bridgehead atoms. The minimum Gasteiger partial charge on any atom is -0.383 e. The highest BCUT2D eigenvalue weighted by Crippen LogP contribution is 2.04. The minimum absolute atomic E-state index is 0.155. The highest BCUT2D eigenvalue weighted by molar-refractivity contribution is 5.76. The monoisotopic (exact) mass is 281 g/mol. The molecule has 1 aliphatic heterocycles. The molecule has 0 aliphatic carbocycles. The first kappa shape index (κ1) is 15.0. The molecule has 0 atom stereocenters. The van der Waals surface area contributed by atoms with Crippen LogP contribution in [0.2, 0.25) is 0 Å². The average Bonchev–Trinajstić information content (AvgIpc) is 2.92. The number of morpholine rings is 1. The Bertz CT molecular complexity index is 414. The second-order valence-electron chi connectivity index (χ2n) is 4.85. The largest absolute Gasteiger partial charge is 0.383 e. The first-order chi connectivity index (χ1) is 9.79. The van der Waals surface area contributed by atoms with Gasteiger partial charge < -0.3 is 24.3 Å². The van der Waals surface area contributed by atoms with Crippen molar-refractivity contribution >= 4 is 5.91 Å². The van der Waals surface area contributed by atoms with Crippen LogP contribution in [0.3, 0.4) is 0 Å². The maximum atomic E-state index is 12.1. The van der Waals surface area contributed by atoms with Gasteiger partial charge in [0.1, 0.15) is 6.54 Å². The fourth-order valence-electron chi connectivity index (χ4n) is 2.17. The van der Waals surface area contributed by atoms with Crippen LogP contribution in [0.5, 0.6) is 0 Å². The number of ether oxygens (including phenoxy) is 2. The Morgan fingerprint density at radius 3 is 3.00 bits per heavy atom. The molecular formula is C14H23N3O3. The lowest BCUT2D eigenvalue weighted by Crippen LogP contribution is -2.42. The Morgan fingerprint density at radius 2 is 2.25 bits per heavy atom. The first-order valence-electron chi connectivity index (χ1n) is 6.99.